The molecule has 0 saturated carbocycles. The van der Waals surface area contributed by atoms with Gasteiger partial charge in [0.05, 0.1) is 23.3 Å². The molecule has 0 spiro atoms. The largest absolute Gasteiger partial charge is 0.352 e. The van der Waals surface area contributed by atoms with Crippen molar-refractivity contribution >= 4 is 22.8 Å². The number of carbonyl (C=O) groups is 2. The Morgan fingerprint density at radius 1 is 0.941 bits per heavy atom. The van der Waals surface area contributed by atoms with Gasteiger partial charge in [0.2, 0.25) is 11.8 Å². The van der Waals surface area contributed by atoms with E-state index < -0.39 is 0 Å². The summed E-state index contributed by atoms with van der Waals surface area (Å²) in [5.74, 6) is -0.322. The van der Waals surface area contributed by atoms with Gasteiger partial charge in [-0.1, -0.05) is 66.2 Å². The number of para-hydroxylation sites is 2. The maximum atomic E-state index is 12.7. The fourth-order valence-electron chi connectivity index (χ4n) is 4.44. The van der Waals surface area contributed by atoms with Crippen LogP contribution in [0.25, 0.3) is 11.0 Å². The molecule has 0 bridgehead atoms. The Labute approximate surface area is 199 Å². The number of benzene rings is 3. The molecule has 1 unspecified atom stereocenters. The number of imidazole rings is 1. The van der Waals surface area contributed by atoms with Gasteiger partial charge in [-0.05, 0) is 35.7 Å². The molecule has 1 N–H and O–H groups in total. The summed E-state index contributed by atoms with van der Waals surface area (Å²) in [7, 11) is 0. The number of hydrogen-bond acceptors (Lipinski definition) is 3. The lowest BCUT2D eigenvalue weighted by atomic mass is 10.1. The van der Waals surface area contributed by atoms with Crippen molar-refractivity contribution in [3.8, 4) is 0 Å². The molecule has 0 radical (unpaired) electrons. The second-order valence-corrected chi connectivity index (χ2v) is 9.06. The Kier molecular flexibility index (Phi) is 6.12. The van der Waals surface area contributed by atoms with Gasteiger partial charge in [-0.25, -0.2) is 4.98 Å². The number of likely N-dealkylation sites (tertiary alicyclic amines) is 1. The third-order valence-corrected chi connectivity index (χ3v) is 6.45. The van der Waals surface area contributed by atoms with Crippen LogP contribution in [0.3, 0.4) is 0 Å². The predicted octanol–water partition coefficient (Wildman–Crippen LogP) is 4.06. The fraction of sp³-hybridized carbons (Fsp3) is 0.250. The monoisotopic (exact) mass is 452 g/mol. The Hall–Kier alpha value is -3.93. The highest BCUT2D eigenvalue weighted by atomic mass is 16.2. The normalized spacial score (nSPS) is 15.7. The van der Waals surface area contributed by atoms with Crippen LogP contribution in [-0.2, 0) is 29.2 Å². The molecule has 6 heteroatoms. The van der Waals surface area contributed by atoms with Gasteiger partial charge in [-0.15, -0.1) is 0 Å². The topological polar surface area (TPSA) is 67.2 Å². The highest BCUT2D eigenvalue weighted by Crippen LogP contribution is 2.21. The average Bonchev–Trinajstić information content (AvgIpc) is 3.43. The first-order chi connectivity index (χ1) is 16.5. The first-order valence-corrected chi connectivity index (χ1v) is 11.6. The fourth-order valence-corrected chi connectivity index (χ4v) is 4.44. The van der Waals surface area contributed by atoms with Crippen LogP contribution in [-0.4, -0.2) is 32.8 Å². The first-order valence-electron chi connectivity index (χ1n) is 11.6. The third kappa shape index (κ3) is 4.86. The summed E-state index contributed by atoms with van der Waals surface area (Å²) in [6.07, 6.45) is 2.14. The molecule has 5 rings (SSSR count). The van der Waals surface area contributed by atoms with Crippen molar-refractivity contribution in [2.75, 3.05) is 6.54 Å². The number of fused-ring (bicyclic) bond motifs is 1. The van der Waals surface area contributed by atoms with Gasteiger partial charge in [0, 0.05) is 32.6 Å². The zero-order valence-corrected chi connectivity index (χ0v) is 19.3. The van der Waals surface area contributed by atoms with Gasteiger partial charge in [0.25, 0.3) is 0 Å². The number of aryl methyl sites for hydroxylation is 1. The summed E-state index contributed by atoms with van der Waals surface area (Å²) >= 11 is 0. The number of hydrogen-bond donors (Lipinski definition) is 1. The molecule has 6 nitrogen and oxygen atoms in total. The summed E-state index contributed by atoms with van der Waals surface area (Å²) in [4.78, 5) is 31.4. The van der Waals surface area contributed by atoms with E-state index in [0.717, 1.165) is 28.7 Å². The second kappa shape index (κ2) is 9.51. The zero-order valence-electron chi connectivity index (χ0n) is 19.3. The van der Waals surface area contributed by atoms with Gasteiger partial charge < -0.3 is 14.8 Å². The molecule has 1 aliphatic heterocycles. The van der Waals surface area contributed by atoms with Gasteiger partial charge in [0.1, 0.15) is 0 Å². The second-order valence-electron chi connectivity index (χ2n) is 9.06. The van der Waals surface area contributed by atoms with Gasteiger partial charge in [-0.2, -0.15) is 0 Å². The molecular formula is C28H28N4O2. The minimum Gasteiger partial charge on any atom is -0.352 e. The summed E-state index contributed by atoms with van der Waals surface area (Å²) in [5.41, 5.74) is 6.59. The van der Waals surface area contributed by atoms with E-state index >= 15 is 0 Å². The third-order valence-electron chi connectivity index (χ3n) is 6.45. The molecule has 1 atom stereocenters. The van der Waals surface area contributed by atoms with Crippen molar-refractivity contribution in [1.82, 2.24) is 19.8 Å². The number of carbonyl (C=O) groups excluding carboxylic acids is 2. The van der Waals surface area contributed by atoms with Crippen molar-refractivity contribution in [3.63, 3.8) is 0 Å². The van der Waals surface area contributed by atoms with Crippen LogP contribution < -0.4 is 5.32 Å². The molecule has 2 heterocycles. The van der Waals surface area contributed by atoms with E-state index in [1.165, 1.54) is 11.1 Å². The number of rotatable bonds is 7. The van der Waals surface area contributed by atoms with E-state index in [2.05, 4.69) is 33.1 Å². The molecule has 3 aromatic carbocycles. The van der Waals surface area contributed by atoms with Crippen molar-refractivity contribution < 1.29 is 9.59 Å². The number of amides is 2. The lowest BCUT2D eigenvalue weighted by Crippen LogP contribution is -2.32. The number of nitrogens with zero attached hydrogens (tertiary/aromatic N) is 3. The van der Waals surface area contributed by atoms with E-state index in [0.29, 0.717) is 19.6 Å². The molecule has 1 fully saturated rings. The first kappa shape index (κ1) is 21.9. The van der Waals surface area contributed by atoms with Crippen molar-refractivity contribution in [1.29, 1.82) is 0 Å². The smallest absolute Gasteiger partial charge is 0.225 e. The van der Waals surface area contributed by atoms with Crippen molar-refractivity contribution in [2.24, 2.45) is 5.92 Å². The Balaban J connectivity index is 1.13. The van der Waals surface area contributed by atoms with E-state index in [-0.39, 0.29) is 24.2 Å². The highest BCUT2D eigenvalue weighted by molar-refractivity contribution is 5.89. The molecule has 4 aromatic rings. The van der Waals surface area contributed by atoms with Gasteiger partial charge >= 0.3 is 0 Å². The van der Waals surface area contributed by atoms with E-state index in [1.807, 2.05) is 67.8 Å². The van der Waals surface area contributed by atoms with Crippen molar-refractivity contribution in [2.45, 2.75) is 33.0 Å². The minimum absolute atomic E-state index is 0.0390. The summed E-state index contributed by atoms with van der Waals surface area (Å²) < 4.78 is 2.13. The Morgan fingerprint density at radius 3 is 2.41 bits per heavy atom. The average molecular weight is 453 g/mol. The minimum atomic E-state index is -0.299. The quantitative estimate of drug-likeness (QED) is 0.460. The Morgan fingerprint density at radius 2 is 1.62 bits per heavy atom. The summed E-state index contributed by atoms with van der Waals surface area (Å²) in [6.45, 7) is 4.26. The number of aromatic nitrogens is 2. The molecule has 2 amide bonds. The van der Waals surface area contributed by atoms with Crippen LogP contribution in [0.4, 0.5) is 0 Å². The summed E-state index contributed by atoms with van der Waals surface area (Å²) in [5, 5.41) is 3.01. The summed E-state index contributed by atoms with van der Waals surface area (Å²) in [6, 6.07) is 24.5. The van der Waals surface area contributed by atoms with Gasteiger partial charge in [-0.3, -0.25) is 9.59 Å². The van der Waals surface area contributed by atoms with Gasteiger partial charge in [0.15, 0.2) is 0 Å². The van der Waals surface area contributed by atoms with Crippen molar-refractivity contribution in [3.05, 3.63) is 101 Å². The number of nitrogens with one attached hydrogen (secondary N) is 1. The standard InChI is InChI=1S/C28H28N4O2/c1-20-6-8-22(9-7-20)16-31-18-24(14-27(31)33)28(34)29-15-21-10-12-23(13-11-21)17-32-19-30-25-4-2-3-5-26(25)32/h2-13,19,24H,14-18H2,1H3,(H,29,34). The predicted molar refractivity (Wildman–Crippen MR) is 132 cm³/mol. The van der Waals surface area contributed by atoms with E-state index in [4.69, 9.17) is 0 Å². The van der Waals surface area contributed by atoms with Crippen LogP contribution in [0.1, 0.15) is 28.7 Å². The van der Waals surface area contributed by atoms with E-state index in [9.17, 15) is 9.59 Å². The SMILES string of the molecule is Cc1ccc(CN2CC(C(=O)NCc3ccc(Cn4cnc5ccccc54)cc3)CC2=O)cc1. The van der Waals surface area contributed by atoms with Crippen LogP contribution >= 0.6 is 0 Å². The van der Waals surface area contributed by atoms with Crippen LogP contribution in [0, 0.1) is 12.8 Å². The maximum absolute atomic E-state index is 12.7. The maximum Gasteiger partial charge on any atom is 0.225 e. The molecule has 172 valence electrons. The van der Waals surface area contributed by atoms with Crippen LogP contribution in [0.5, 0.6) is 0 Å². The molecular weight excluding hydrogens is 424 g/mol. The molecule has 34 heavy (non-hydrogen) atoms. The molecule has 1 saturated heterocycles. The van der Waals surface area contributed by atoms with Crippen LogP contribution in [0.2, 0.25) is 0 Å². The van der Waals surface area contributed by atoms with E-state index in [1.54, 1.807) is 4.90 Å². The highest BCUT2D eigenvalue weighted by Gasteiger charge is 2.34. The molecule has 0 aliphatic carbocycles. The zero-order chi connectivity index (χ0) is 23.5. The Bertz CT molecular complexity index is 1310. The van der Waals surface area contributed by atoms with Crippen LogP contribution in [0.15, 0.2) is 79.1 Å². The lowest BCUT2D eigenvalue weighted by Gasteiger charge is -2.17. The molecule has 1 aromatic heterocycles. The molecule has 1 aliphatic rings. The lowest BCUT2D eigenvalue weighted by molar-refractivity contribution is -0.129.